The fraction of sp³-hybridized carbons (Fsp3) is 0.261. The standard InChI is InChI=1S/C23H24O8S/c1-2-21(24)30-16-14-28-12-11-27-13-15-29-19-7-3-17(4-8-19)22(25)31-20-9-5-18(6-10-20)23(26)32/h2-10H,1,11-16H2,(H,26,32). The number of aliphatic hydroxyl groups excluding tert-OH is 1. The van der Waals surface area contributed by atoms with Crippen molar-refractivity contribution in [2.45, 2.75) is 0 Å². The zero-order valence-corrected chi connectivity index (χ0v) is 18.2. The lowest BCUT2D eigenvalue weighted by Crippen LogP contribution is -2.13. The third-order valence-electron chi connectivity index (χ3n) is 3.91. The predicted molar refractivity (Wildman–Crippen MR) is 120 cm³/mol. The summed E-state index contributed by atoms with van der Waals surface area (Å²) in [6.07, 6.45) is 1.10. The van der Waals surface area contributed by atoms with Gasteiger partial charge in [-0.25, -0.2) is 9.59 Å². The van der Waals surface area contributed by atoms with Gasteiger partial charge in [0.25, 0.3) is 0 Å². The lowest BCUT2D eigenvalue weighted by atomic mass is 10.2. The van der Waals surface area contributed by atoms with Crippen LogP contribution in [-0.4, -0.2) is 61.7 Å². The van der Waals surface area contributed by atoms with Crippen LogP contribution < -0.4 is 9.47 Å². The molecule has 8 nitrogen and oxygen atoms in total. The van der Waals surface area contributed by atoms with E-state index in [0.717, 1.165) is 6.08 Å². The van der Waals surface area contributed by atoms with E-state index in [1.807, 2.05) is 0 Å². The van der Waals surface area contributed by atoms with Gasteiger partial charge in [-0.3, -0.25) is 0 Å². The fourth-order valence-corrected chi connectivity index (χ4v) is 2.46. The number of rotatable bonds is 14. The third-order valence-corrected chi connectivity index (χ3v) is 4.14. The van der Waals surface area contributed by atoms with E-state index in [0.29, 0.717) is 49.1 Å². The fourth-order valence-electron chi connectivity index (χ4n) is 2.32. The second-order valence-electron chi connectivity index (χ2n) is 6.19. The van der Waals surface area contributed by atoms with Gasteiger partial charge in [0.05, 0.1) is 32.0 Å². The smallest absolute Gasteiger partial charge is 0.343 e. The zero-order chi connectivity index (χ0) is 23.2. The van der Waals surface area contributed by atoms with Gasteiger partial charge in [0, 0.05) is 11.6 Å². The molecule has 0 aromatic heterocycles. The van der Waals surface area contributed by atoms with Gasteiger partial charge in [0.2, 0.25) is 0 Å². The van der Waals surface area contributed by atoms with Crippen LogP contribution in [0.4, 0.5) is 0 Å². The first-order valence-electron chi connectivity index (χ1n) is 9.72. The average Bonchev–Trinajstić information content (AvgIpc) is 2.80. The Morgan fingerprint density at radius 2 is 1.34 bits per heavy atom. The first kappa shape index (κ1) is 25.0. The van der Waals surface area contributed by atoms with Crippen molar-refractivity contribution >= 4 is 29.2 Å². The van der Waals surface area contributed by atoms with Crippen LogP contribution in [0.1, 0.15) is 15.9 Å². The highest BCUT2D eigenvalue weighted by atomic mass is 32.1. The molecule has 0 saturated heterocycles. The number of hydrogen-bond donors (Lipinski definition) is 1. The molecule has 0 aliphatic heterocycles. The van der Waals surface area contributed by atoms with Gasteiger partial charge in [-0.05, 0) is 60.7 Å². The van der Waals surface area contributed by atoms with Crippen LogP contribution in [0, 0.1) is 0 Å². The molecule has 0 fully saturated rings. The van der Waals surface area contributed by atoms with E-state index < -0.39 is 11.9 Å². The van der Waals surface area contributed by atoms with E-state index in [9.17, 15) is 14.7 Å². The minimum Gasteiger partial charge on any atom is -0.499 e. The number of esters is 2. The monoisotopic (exact) mass is 460 g/mol. The Balaban J connectivity index is 1.60. The zero-order valence-electron chi connectivity index (χ0n) is 17.4. The Kier molecular flexibility index (Phi) is 10.9. The minimum absolute atomic E-state index is 0.169. The van der Waals surface area contributed by atoms with Gasteiger partial charge in [0.15, 0.2) is 5.05 Å². The molecule has 0 unspecified atom stereocenters. The highest BCUT2D eigenvalue weighted by Crippen LogP contribution is 2.17. The van der Waals surface area contributed by atoms with Crippen LogP contribution >= 0.6 is 12.2 Å². The summed E-state index contributed by atoms with van der Waals surface area (Å²) < 4.78 is 26.2. The summed E-state index contributed by atoms with van der Waals surface area (Å²) in [7, 11) is 0. The maximum atomic E-state index is 12.2. The van der Waals surface area contributed by atoms with Crippen molar-refractivity contribution in [2.75, 3.05) is 39.6 Å². The summed E-state index contributed by atoms with van der Waals surface area (Å²) in [5, 5.41) is 9.03. The molecule has 9 heteroatoms. The topological polar surface area (TPSA) is 101 Å². The summed E-state index contributed by atoms with van der Waals surface area (Å²) in [5.74, 6) is -0.0649. The average molecular weight is 461 g/mol. The lowest BCUT2D eigenvalue weighted by Gasteiger charge is -2.09. The van der Waals surface area contributed by atoms with Crippen LogP contribution in [0.15, 0.2) is 61.2 Å². The van der Waals surface area contributed by atoms with Crippen molar-refractivity contribution in [1.82, 2.24) is 0 Å². The normalized spacial score (nSPS) is 10.2. The summed E-state index contributed by atoms with van der Waals surface area (Å²) >= 11 is 4.67. The van der Waals surface area contributed by atoms with Crippen LogP contribution in [0.25, 0.3) is 0 Å². The third kappa shape index (κ3) is 9.25. The maximum Gasteiger partial charge on any atom is 0.343 e. The first-order valence-corrected chi connectivity index (χ1v) is 10.1. The van der Waals surface area contributed by atoms with Gasteiger partial charge in [-0.15, -0.1) is 0 Å². The molecule has 2 aromatic rings. The number of carbonyl (C=O) groups is 2. The molecule has 0 bridgehead atoms. The highest BCUT2D eigenvalue weighted by Gasteiger charge is 2.09. The highest BCUT2D eigenvalue weighted by molar-refractivity contribution is 7.80. The van der Waals surface area contributed by atoms with Crippen molar-refractivity contribution < 1.29 is 38.4 Å². The Morgan fingerprint density at radius 3 is 1.94 bits per heavy atom. The van der Waals surface area contributed by atoms with E-state index in [1.54, 1.807) is 48.5 Å². The molecule has 32 heavy (non-hydrogen) atoms. The van der Waals surface area contributed by atoms with Gasteiger partial charge in [0.1, 0.15) is 24.7 Å². The number of thiocarbonyl (C=S) groups is 1. The molecule has 0 heterocycles. The number of aliphatic hydroxyl groups is 1. The summed E-state index contributed by atoms with van der Waals surface area (Å²) in [4.78, 5) is 23.0. The van der Waals surface area contributed by atoms with Gasteiger partial charge < -0.3 is 28.8 Å². The van der Waals surface area contributed by atoms with Gasteiger partial charge in [-0.1, -0.05) is 6.58 Å². The summed E-state index contributed by atoms with van der Waals surface area (Å²) in [5.41, 5.74) is 0.843. The molecule has 0 saturated carbocycles. The SMILES string of the molecule is C=CC(=O)OCCOCCOCCOc1ccc(C(=O)Oc2ccc(C(O)=S)cc2)cc1. The first-order chi connectivity index (χ1) is 15.5. The molecule has 0 aliphatic carbocycles. The Morgan fingerprint density at radius 1 is 0.812 bits per heavy atom. The van der Waals surface area contributed by atoms with Crippen molar-refractivity contribution in [3.05, 3.63) is 72.3 Å². The molecule has 2 rings (SSSR count). The van der Waals surface area contributed by atoms with E-state index in [1.165, 1.54) is 0 Å². The molecule has 1 N–H and O–H groups in total. The van der Waals surface area contributed by atoms with Crippen LogP contribution in [0.3, 0.4) is 0 Å². The second-order valence-corrected chi connectivity index (χ2v) is 6.57. The Bertz CT molecular complexity index is 893. The molecule has 170 valence electrons. The molecule has 0 amide bonds. The quantitative estimate of drug-likeness (QED) is 0.150. The molecule has 0 spiro atoms. The van der Waals surface area contributed by atoms with Crippen molar-refractivity contribution in [2.24, 2.45) is 0 Å². The minimum atomic E-state index is -0.515. The molecule has 0 aliphatic rings. The number of carbonyl (C=O) groups excluding carboxylic acids is 2. The van der Waals surface area contributed by atoms with Crippen LogP contribution in [-0.2, 0) is 19.0 Å². The number of ether oxygens (including phenoxy) is 5. The molecular formula is C23H24O8S. The Labute approximate surface area is 191 Å². The lowest BCUT2D eigenvalue weighted by molar-refractivity contribution is -0.139. The summed E-state index contributed by atoms with van der Waals surface area (Å²) in [6.45, 7) is 5.21. The maximum absolute atomic E-state index is 12.2. The van der Waals surface area contributed by atoms with E-state index in [-0.39, 0.29) is 18.3 Å². The Hall–Kier alpha value is -3.27. The van der Waals surface area contributed by atoms with Crippen molar-refractivity contribution in [1.29, 1.82) is 0 Å². The van der Waals surface area contributed by atoms with Crippen LogP contribution in [0.2, 0.25) is 0 Å². The van der Waals surface area contributed by atoms with Crippen LogP contribution in [0.5, 0.6) is 11.5 Å². The number of hydrogen-bond acceptors (Lipinski definition) is 8. The molecule has 0 atom stereocenters. The van der Waals surface area contributed by atoms with Gasteiger partial charge >= 0.3 is 11.9 Å². The number of benzene rings is 2. The second kappa shape index (κ2) is 13.9. The molecule has 2 aromatic carbocycles. The van der Waals surface area contributed by atoms with E-state index in [4.69, 9.17) is 23.7 Å². The molecular weight excluding hydrogens is 436 g/mol. The van der Waals surface area contributed by atoms with E-state index in [2.05, 4.69) is 18.8 Å². The predicted octanol–water partition coefficient (Wildman–Crippen LogP) is 3.28. The molecule has 0 radical (unpaired) electrons. The largest absolute Gasteiger partial charge is 0.499 e. The van der Waals surface area contributed by atoms with Gasteiger partial charge in [-0.2, -0.15) is 0 Å². The van der Waals surface area contributed by atoms with Crippen molar-refractivity contribution in [3.8, 4) is 11.5 Å². The van der Waals surface area contributed by atoms with E-state index >= 15 is 0 Å². The summed E-state index contributed by atoms with van der Waals surface area (Å²) in [6, 6.07) is 12.8. The van der Waals surface area contributed by atoms with Crippen molar-refractivity contribution in [3.63, 3.8) is 0 Å².